The van der Waals surface area contributed by atoms with Gasteiger partial charge in [-0.2, -0.15) is 0 Å². The summed E-state index contributed by atoms with van der Waals surface area (Å²) >= 11 is 0. The second kappa shape index (κ2) is 58.4. The first-order valence-electron chi connectivity index (χ1n) is 29.9. The minimum atomic E-state index is -0.831. The van der Waals surface area contributed by atoms with Crippen molar-refractivity contribution in [2.75, 3.05) is 13.2 Å². The van der Waals surface area contributed by atoms with Crippen molar-refractivity contribution in [2.24, 2.45) is 0 Å². The van der Waals surface area contributed by atoms with Crippen LogP contribution in [0.3, 0.4) is 0 Å². The second-order valence-electron chi connectivity index (χ2n) is 19.9. The Labute approximate surface area is 433 Å². The highest BCUT2D eigenvalue weighted by Crippen LogP contribution is 2.17. The normalized spacial score (nSPS) is 12.6. The molecule has 6 nitrogen and oxygen atoms in total. The van der Waals surface area contributed by atoms with E-state index in [9.17, 15) is 14.4 Å². The smallest absolute Gasteiger partial charge is 0.310 e. The van der Waals surface area contributed by atoms with Gasteiger partial charge in [0.1, 0.15) is 13.2 Å². The minimum Gasteiger partial charge on any atom is -0.462 e. The van der Waals surface area contributed by atoms with Crippen LogP contribution < -0.4 is 0 Å². The maximum Gasteiger partial charge on any atom is 0.310 e. The topological polar surface area (TPSA) is 78.9 Å². The number of carbonyl (C=O) groups is 3. The quantitative estimate of drug-likeness (QED) is 0.0261. The number of carbonyl (C=O) groups excluding carboxylic acids is 3. The van der Waals surface area contributed by atoms with E-state index in [0.717, 1.165) is 83.5 Å². The Morgan fingerprint density at radius 1 is 0.314 bits per heavy atom. The molecule has 0 bridgehead atoms. The van der Waals surface area contributed by atoms with E-state index in [1.807, 2.05) is 6.08 Å². The third-order valence-corrected chi connectivity index (χ3v) is 13.0. The van der Waals surface area contributed by atoms with Crippen LogP contribution >= 0.6 is 0 Å². The molecule has 1 unspecified atom stereocenters. The van der Waals surface area contributed by atoms with Gasteiger partial charge in [-0.25, -0.2) is 0 Å². The van der Waals surface area contributed by atoms with E-state index < -0.39 is 12.1 Å². The summed E-state index contributed by atoms with van der Waals surface area (Å²) in [6.45, 7) is 6.45. The van der Waals surface area contributed by atoms with Crippen molar-refractivity contribution >= 4 is 17.9 Å². The zero-order chi connectivity index (χ0) is 50.7. The van der Waals surface area contributed by atoms with Crippen molar-refractivity contribution in [3.8, 4) is 0 Å². The van der Waals surface area contributed by atoms with Crippen molar-refractivity contribution < 1.29 is 28.6 Å². The highest BCUT2D eigenvalue weighted by Gasteiger charge is 2.19. The summed E-state index contributed by atoms with van der Waals surface area (Å²) in [6.07, 6.45) is 75.1. The molecule has 0 amide bonds. The fourth-order valence-electron chi connectivity index (χ4n) is 8.51. The molecule has 0 aromatic rings. The molecule has 0 aromatic heterocycles. The van der Waals surface area contributed by atoms with Gasteiger partial charge in [-0.3, -0.25) is 14.4 Å². The summed E-state index contributed by atoms with van der Waals surface area (Å²) in [5.74, 6) is -1.04. The van der Waals surface area contributed by atoms with Gasteiger partial charge in [-0.15, -0.1) is 0 Å². The van der Waals surface area contributed by atoms with E-state index in [-0.39, 0.29) is 31.6 Å². The molecule has 0 radical (unpaired) electrons. The van der Waals surface area contributed by atoms with Crippen LogP contribution in [0.2, 0.25) is 0 Å². The first-order chi connectivity index (χ1) is 34.5. The highest BCUT2D eigenvalue weighted by atomic mass is 16.6. The Morgan fingerprint density at radius 3 is 0.943 bits per heavy atom. The summed E-state index contributed by atoms with van der Waals surface area (Å²) in [5, 5.41) is 0. The summed E-state index contributed by atoms with van der Waals surface area (Å²) in [7, 11) is 0. The molecule has 0 saturated heterocycles. The predicted molar refractivity (Wildman–Crippen MR) is 302 cm³/mol. The molecule has 0 rings (SSSR count). The van der Waals surface area contributed by atoms with Crippen LogP contribution in [0, 0.1) is 0 Å². The number of hydrogen-bond acceptors (Lipinski definition) is 6. The molecule has 0 aliphatic heterocycles. The van der Waals surface area contributed by atoms with E-state index >= 15 is 0 Å². The number of esters is 3. The monoisotopic (exact) mass is 977 g/mol. The van der Waals surface area contributed by atoms with Crippen LogP contribution in [0.25, 0.3) is 0 Å². The molecule has 0 aliphatic rings. The van der Waals surface area contributed by atoms with E-state index in [1.54, 1.807) is 6.08 Å². The second-order valence-corrected chi connectivity index (χ2v) is 19.9. The van der Waals surface area contributed by atoms with Crippen LogP contribution in [0.1, 0.15) is 297 Å². The maximum atomic E-state index is 12.8. The zero-order valence-electron chi connectivity index (χ0n) is 46.3. The fourth-order valence-corrected chi connectivity index (χ4v) is 8.51. The van der Waals surface area contributed by atoms with E-state index in [0.29, 0.717) is 12.8 Å². The molecular formula is C64H112O6. The third-order valence-electron chi connectivity index (χ3n) is 13.0. The lowest BCUT2D eigenvalue weighted by molar-refractivity contribution is -0.166. The molecule has 0 aromatic carbocycles. The Morgan fingerprint density at radius 2 is 0.600 bits per heavy atom. The molecule has 0 spiro atoms. The molecule has 0 aliphatic carbocycles. The Hall–Kier alpha value is -3.15. The minimum absolute atomic E-state index is 0.0974. The van der Waals surface area contributed by atoms with Crippen molar-refractivity contribution in [3.05, 3.63) is 72.9 Å². The Kier molecular flexibility index (Phi) is 55.8. The molecule has 0 N–H and O–H groups in total. The van der Waals surface area contributed by atoms with Gasteiger partial charge in [-0.05, 0) is 70.6 Å². The average Bonchev–Trinajstić information content (AvgIpc) is 3.36. The molecule has 0 fully saturated rings. The van der Waals surface area contributed by atoms with E-state index in [4.69, 9.17) is 14.2 Å². The van der Waals surface area contributed by atoms with Crippen molar-refractivity contribution in [2.45, 2.75) is 303 Å². The molecule has 6 heteroatoms. The summed E-state index contributed by atoms with van der Waals surface area (Å²) < 4.78 is 16.7. The number of ether oxygens (including phenoxy) is 3. The van der Waals surface area contributed by atoms with Crippen molar-refractivity contribution in [1.82, 2.24) is 0 Å². The molecule has 0 saturated carbocycles. The summed E-state index contributed by atoms with van der Waals surface area (Å²) in [4.78, 5) is 38.1. The van der Waals surface area contributed by atoms with Crippen molar-refractivity contribution in [3.63, 3.8) is 0 Å². The lowest BCUT2D eigenvalue weighted by Crippen LogP contribution is -2.30. The first kappa shape index (κ1) is 66.9. The van der Waals surface area contributed by atoms with Crippen LogP contribution in [-0.2, 0) is 28.6 Å². The number of hydrogen-bond donors (Lipinski definition) is 0. The summed E-state index contributed by atoms with van der Waals surface area (Å²) in [6, 6.07) is 0. The Balaban J connectivity index is 4.33. The van der Waals surface area contributed by atoms with Gasteiger partial charge < -0.3 is 14.2 Å². The molecule has 1 atom stereocenters. The van der Waals surface area contributed by atoms with Crippen LogP contribution in [0.5, 0.6) is 0 Å². The number of unbranched alkanes of at least 4 members (excludes halogenated alkanes) is 32. The largest absolute Gasteiger partial charge is 0.462 e. The van der Waals surface area contributed by atoms with Crippen LogP contribution in [0.15, 0.2) is 72.9 Å². The number of rotatable bonds is 54. The number of allylic oxidation sites excluding steroid dienone is 11. The molecule has 0 heterocycles. The van der Waals surface area contributed by atoms with Crippen molar-refractivity contribution in [1.29, 1.82) is 0 Å². The van der Waals surface area contributed by atoms with Gasteiger partial charge in [0.2, 0.25) is 0 Å². The lowest BCUT2D eigenvalue weighted by atomic mass is 10.0. The summed E-state index contributed by atoms with van der Waals surface area (Å²) in [5.41, 5.74) is 0. The standard InChI is InChI=1S/C64H112O6/c1-4-7-10-13-16-19-22-25-27-28-29-30-31-32-33-34-35-37-39-42-45-48-51-54-57-63(66)69-60-61(59-68-62(65)56-53-50-47-44-41-38-24-21-18-15-12-9-6-3)70-64(67)58-55-52-49-46-43-40-36-26-23-20-17-14-11-8-5-2/h8,11,17,20-21,24,26,36,43,46,52,55,61H,4-7,9-10,12-16,18-19,22-23,25,27-35,37-42,44-45,47-51,53-54,56-60H2,1-3H3/b11-8-,20-17-,24-21-,36-26-,46-43-,55-52-. The van der Waals surface area contributed by atoms with Crippen LogP contribution in [0.4, 0.5) is 0 Å². The average molecular weight is 978 g/mol. The van der Waals surface area contributed by atoms with E-state index in [1.165, 1.54) is 173 Å². The van der Waals surface area contributed by atoms with Gasteiger partial charge in [-0.1, -0.05) is 280 Å². The Bertz CT molecular complexity index is 1310. The lowest BCUT2D eigenvalue weighted by Gasteiger charge is -2.18. The SMILES string of the molecule is CC/C=C\C/C=C\C/C=C\C/C=C\C/C=C\CC(=O)OC(COC(=O)CCCCCCC/C=C\CCCCCC)COC(=O)CCCCCCCCCCCCCCCCCCCCCCCCCC. The van der Waals surface area contributed by atoms with Gasteiger partial charge in [0.05, 0.1) is 6.42 Å². The third kappa shape index (κ3) is 55.8. The van der Waals surface area contributed by atoms with Gasteiger partial charge >= 0.3 is 17.9 Å². The fraction of sp³-hybridized carbons (Fsp3) is 0.766. The first-order valence-corrected chi connectivity index (χ1v) is 29.9. The highest BCUT2D eigenvalue weighted by molar-refractivity contribution is 5.72. The van der Waals surface area contributed by atoms with Crippen LogP contribution in [-0.4, -0.2) is 37.2 Å². The predicted octanol–water partition coefficient (Wildman–Crippen LogP) is 20.2. The van der Waals surface area contributed by atoms with Gasteiger partial charge in [0.15, 0.2) is 6.10 Å². The maximum absolute atomic E-state index is 12.8. The van der Waals surface area contributed by atoms with Gasteiger partial charge in [0.25, 0.3) is 0 Å². The van der Waals surface area contributed by atoms with E-state index in [2.05, 4.69) is 81.5 Å². The molecular weight excluding hydrogens is 865 g/mol. The van der Waals surface area contributed by atoms with Gasteiger partial charge in [0, 0.05) is 12.8 Å². The zero-order valence-corrected chi connectivity index (χ0v) is 46.3. The molecule has 70 heavy (non-hydrogen) atoms. The molecule has 404 valence electrons.